The third kappa shape index (κ3) is 5.94. The van der Waals surface area contributed by atoms with Gasteiger partial charge in [-0.25, -0.2) is 4.99 Å². The summed E-state index contributed by atoms with van der Waals surface area (Å²) in [6.07, 6.45) is 3.30. The highest BCUT2D eigenvalue weighted by Crippen LogP contribution is 2.23. The molecule has 4 aromatic rings. The van der Waals surface area contributed by atoms with E-state index >= 15 is 0 Å². The highest BCUT2D eigenvalue weighted by atomic mass is 16.5. The molecular formula is C28H23NO2. The van der Waals surface area contributed by atoms with Crippen molar-refractivity contribution in [3.8, 4) is 22.6 Å². The maximum Gasteiger partial charge on any atom is 0.222 e. The minimum Gasteiger partial charge on any atom is -0.465 e. The van der Waals surface area contributed by atoms with E-state index in [1.165, 1.54) is 11.1 Å². The van der Waals surface area contributed by atoms with Crippen LogP contribution in [-0.4, -0.2) is 5.90 Å². The van der Waals surface area contributed by atoms with Crippen molar-refractivity contribution in [1.82, 2.24) is 0 Å². The molecule has 0 radical (unpaired) electrons. The van der Waals surface area contributed by atoms with Gasteiger partial charge in [-0.2, -0.15) is 0 Å². The van der Waals surface area contributed by atoms with E-state index in [-0.39, 0.29) is 0 Å². The Morgan fingerprint density at radius 1 is 0.645 bits per heavy atom. The largest absolute Gasteiger partial charge is 0.465 e. The molecule has 0 heterocycles. The van der Waals surface area contributed by atoms with Crippen molar-refractivity contribution in [3.63, 3.8) is 0 Å². The van der Waals surface area contributed by atoms with E-state index in [0.29, 0.717) is 11.6 Å². The van der Waals surface area contributed by atoms with Gasteiger partial charge in [0.25, 0.3) is 0 Å². The van der Waals surface area contributed by atoms with Crippen LogP contribution < -0.4 is 9.47 Å². The van der Waals surface area contributed by atoms with Gasteiger partial charge < -0.3 is 9.47 Å². The van der Waals surface area contributed by atoms with Crippen LogP contribution >= 0.6 is 0 Å². The number of hydrogen-bond donors (Lipinski definition) is 0. The van der Waals surface area contributed by atoms with E-state index in [0.717, 1.165) is 17.0 Å². The summed E-state index contributed by atoms with van der Waals surface area (Å²) in [5, 5.41) is 0. The molecule has 0 aromatic heterocycles. The van der Waals surface area contributed by atoms with Crippen LogP contribution in [0.25, 0.3) is 11.1 Å². The van der Waals surface area contributed by atoms with Crippen molar-refractivity contribution < 1.29 is 9.47 Å². The van der Waals surface area contributed by atoms with Gasteiger partial charge in [-0.15, -0.1) is 0 Å². The Kier molecular flexibility index (Phi) is 6.56. The summed E-state index contributed by atoms with van der Waals surface area (Å²) in [6, 6.07) is 35.7. The molecule has 0 bridgehead atoms. The average Bonchev–Trinajstić information content (AvgIpc) is 2.81. The summed E-state index contributed by atoms with van der Waals surface area (Å²) >= 11 is 0. The lowest BCUT2D eigenvalue weighted by molar-refractivity contribution is 0.479. The Morgan fingerprint density at radius 2 is 1.19 bits per heavy atom. The van der Waals surface area contributed by atoms with E-state index in [2.05, 4.69) is 48.3 Å². The van der Waals surface area contributed by atoms with E-state index < -0.39 is 0 Å². The first-order valence-electron chi connectivity index (χ1n) is 10.1. The molecule has 3 heteroatoms. The molecule has 0 atom stereocenters. The maximum atomic E-state index is 5.97. The second-order valence-corrected chi connectivity index (χ2v) is 7.01. The topological polar surface area (TPSA) is 30.8 Å². The summed E-state index contributed by atoms with van der Waals surface area (Å²) in [6.45, 7) is 2.09. The first kappa shape index (κ1) is 20.2. The van der Waals surface area contributed by atoms with E-state index in [1.54, 1.807) is 12.3 Å². The fourth-order valence-electron chi connectivity index (χ4n) is 2.97. The second kappa shape index (κ2) is 10.1. The number of ether oxygens (including phenoxy) is 2. The highest BCUT2D eigenvalue weighted by molar-refractivity contribution is 5.91. The summed E-state index contributed by atoms with van der Waals surface area (Å²) < 4.78 is 11.6. The third-order valence-corrected chi connectivity index (χ3v) is 4.62. The molecule has 152 valence electrons. The van der Waals surface area contributed by atoms with Crippen molar-refractivity contribution in [2.45, 2.75) is 6.92 Å². The van der Waals surface area contributed by atoms with E-state index in [9.17, 15) is 0 Å². The predicted octanol–water partition coefficient (Wildman–Crippen LogP) is 7.36. The Morgan fingerprint density at radius 3 is 1.81 bits per heavy atom. The van der Waals surface area contributed by atoms with Crippen LogP contribution in [-0.2, 0) is 0 Å². The van der Waals surface area contributed by atoms with Crippen molar-refractivity contribution >= 4 is 11.6 Å². The SMILES string of the molecule is Cc1ccc(-c2ccc(N=C(C=COc3ccccc3)Oc3ccccc3)cc2)cc1. The van der Waals surface area contributed by atoms with Crippen LogP contribution in [0.5, 0.6) is 11.5 Å². The molecular weight excluding hydrogens is 382 g/mol. The molecule has 31 heavy (non-hydrogen) atoms. The molecule has 0 aliphatic carbocycles. The normalized spacial score (nSPS) is 11.5. The minimum absolute atomic E-state index is 0.435. The fourth-order valence-corrected chi connectivity index (χ4v) is 2.97. The second-order valence-electron chi connectivity index (χ2n) is 7.01. The van der Waals surface area contributed by atoms with Crippen LogP contribution in [0.2, 0.25) is 0 Å². The molecule has 0 aliphatic rings. The van der Waals surface area contributed by atoms with Gasteiger partial charge in [0.05, 0.1) is 11.9 Å². The zero-order chi connectivity index (χ0) is 21.3. The van der Waals surface area contributed by atoms with E-state index in [1.807, 2.05) is 72.8 Å². The number of para-hydroxylation sites is 2. The number of rotatable bonds is 6. The maximum absolute atomic E-state index is 5.97. The van der Waals surface area contributed by atoms with Gasteiger partial charge in [-0.05, 0) is 54.4 Å². The van der Waals surface area contributed by atoms with Gasteiger partial charge in [-0.3, -0.25) is 0 Å². The minimum atomic E-state index is 0.435. The zero-order valence-electron chi connectivity index (χ0n) is 17.3. The Balaban J connectivity index is 1.55. The molecule has 4 rings (SSSR count). The first-order chi connectivity index (χ1) is 15.3. The van der Waals surface area contributed by atoms with Crippen LogP contribution in [0, 0.1) is 6.92 Å². The number of hydrogen-bond acceptors (Lipinski definition) is 3. The molecule has 4 aromatic carbocycles. The Hall–Kier alpha value is -4.11. The molecule has 0 fully saturated rings. The summed E-state index contributed by atoms with van der Waals surface area (Å²) in [4.78, 5) is 4.66. The third-order valence-electron chi connectivity index (χ3n) is 4.62. The van der Waals surface area contributed by atoms with Crippen molar-refractivity contribution in [2.24, 2.45) is 4.99 Å². The lowest BCUT2D eigenvalue weighted by atomic mass is 10.0. The lowest BCUT2D eigenvalue weighted by Gasteiger charge is -2.07. The predicted molar refractivity (Wildman–Crippen MR) is 127 cm³/mol. The number of nitrogens with zero attached hydrogens (tertiary/aromatic N) is 1. The highest BCUT2D eigenvalue weighted by Gasteiger charge is 2.02. The average molecular weight is 405 g/mol. The molecule has 3 nitrogen and oxygen atoms in total. The van der Waals surface area contributed by atoms with Gasteiger partial charge in [0, 0.05) is 6.08 Å². The fraction of sp³-hybridized carbons (Fsp3) is 0.0357. The van der Waals surface area contributed by atoms with E-state index in [4.69, 9.17) is 9.47 Å². The van der Waals surface area contributed by atoms with Crippen LogP contribution in [0.4, 0.5) is 5.69 Å². The van der Waals surface area contributed by atoms with Crippen molar-refractivity contribution in [2.75, 3.05) is 0 Å². The molecule has 0 aliphatic heterocycles. The van der Waals surface area contributed by atoms with Gasteiger partial charge in [0.2, 0.25) is 5.90 Å². The quantitative estimate of drug-likeness (QED) is 0.190. The van der Waals surface area contributed by atoms with Crippen LogP contribution in [0.3, 0.4) is 0 Å². The van der Waals surface area contributed by atoms with Gasteiger partial charge in [-0.1, -0.05) is 78.4 Å². The smallest absolute Gasteiger partial charge is 0.222 e. The van der Waals surface area contributed by atoms with Crippen LogP contribution in [0.15, 0.2) is 127 Å². The van der Waals surface area contributed by atoms with Crippen LogP contribution in [0.1, 0.15) is 5.56 Å². The number of aryl methyl sites for hydroxylation is 1. The van der Waals surface area contributed by atoms with Gasteiger partial charge in [0.15, 0.2) is 0 Å². The molecule has 0 saturated heterocycles. The van der Waals surface area contributed by atoms with Gasteiger partial charge >= 0.3 is 0 Å². The Bertz CT molecular complexity index is 1150. The first-order valence-corrected chi connectivity index (χ1v) is 10.1. The number of benzene rings is 4. The molecule has 0 spiro atoms. The molecule has 0 N–H and O–H groups in total. The van der Waals surface area contributed by atoms with Gasteiger partial charge in [0.1, 0.15) is 11.5 Å². The number of aliphatic imine (C=N–C) groups is 1. The van der Waals surface area contributed by atoms with Crippen molar-refractivity contribution in [1.29, 1.82) is 0 Å². The van der Waals surface area contributed by atoms with Crippen molar-refractivity contribution in [3.05, 3.63) is 127 Å². The standard InChI is InChI=1S/C28H23NO2/c1-22-12-14-23(15-13-22)24-16-18-25(19-17-24)29-28(31-27-10-6-3-7-11-27)20-21-30-26-8-4-2-5-9-26/h2-21H,1H3. The summed E-state index contributed by atoms with van der Waals surface area (Å²) in [5.74, 6) is 1.90. The molecule has 0 unspecified atom stereocenters. The molecule has 0 saturated carbocycles. The summed E-state index contributed by atoms with van der Waals surface area (Å²) in [5.41, 5.74) is 4.37. The molecule has 0 amide bonds. The zero-order valence-corrected chi connectivity index (χ0v) is 17.3. The monoisotopic (exact) mass is 405 g/mol. The summed E-state index contributed by atoms with van der Waals surface area (Å²) in [7, 11) is 0. The lowest BCUT2D eigenvalue weighted by Crippen LogP contribution is -2.05. The Labute approximate surface area is 182 Å².